The topological polar surface area (TPSA) is 55.2 Å². The number of alkyl halides is 3. The largest absolute Gasteiger partial charge is 0.416 e. The number of aromatic nitrogens is 2. The minimum atomic E-state index is -4.41. The fourth-order valence-electron chi connectivity index (χ4n) is 3.04. The van der Waals surface area contributed by atoms with Crippen molar-refractivity contribution >= 4 is 16.7 Å². The first-order valence-corrected chi connectivity index (χ1v) is 9.02. The van der Waals surface area contributed by atoms with Gasteiger partial charge in [-0.05, 0) is 37.6 Å². The van der Waals surface area contributed by atoms with Gasteiger partial charge in [0.25, 0.3) is 11.5 Å². The molecule has 2 aromatic carbocycles. The Balaban J connectivity index is 1.95. The molecule has 0 saturated carbocycles. The van der Waals surface area contributed by atoms with E-state index in [9.17, 15) is 22.8 Å². The Morgan fingerprint density at radius 1 is 1.07 bits per heavy atom. The summed E-state index contributed by atoms with van der Waals surface area (Å²) in [5.41, 5.74) is -0.344. The third-order valence-corrected chi connectivity index (χ3v) is 4.57. The van der Waals surface area contributed by atoms with Gasteiger partial charge in [0.1, 0.15) is 0 Å². The van der Waals surface area contributed by atoms with Gasteiger partial charge in [-0.2, -0.15) is 18.3 Å². The summed E-state index contributed by atoms with van der Waals surface area (Å²) in [6.07, 6.45) is -4.41. The lowest BCUT2D eigenvalue weighted by Gasteiger charge is -2.19. The SMILES string of the molecule is CC(C)n1nc(C(=O)N(C)Cc2ccc(C(F)(F)F)cc2)c2ccccc2c1=O. The number of halogens is 3. The van der Waals surface area contributed by atoms with E-state index < -0.39 is 17.6 Å². The van der Waals surface area contributed by atoms with Gasteiger partial charge in [0.15, 0.2) is 5.69 Å². The number of benzene rings is 2. The van der Waals surface area contributed by atoms with Crippen LogP contribution >= 0.6 is 0 Å². The van der Waals surface area contributed by atoms with Crippen LogP contribution in [-0.2, 0) is 12.7 Å². The van der Waals surface area contributed by atoms with Crippen LogP contribution in [0.1, 0.15) is 41.5 Å². The van der Waals surface area contributed by atoms with E-state index in [2.05, 4.69) is 5.10 Å². The second-order valence-corrected chi connectivity index (χ2v) is 7.09. The molecule has 3 rings (SSSR count). The molecule has 0 unspecified atom stereocenters. The Morgan fingerprint density at radius 3 is 2.21 bits per heavy atom. The molecule has 1 aromatic heterocycles. The number of rotatable bonds is 4. The van der Waals surface area contributed by atoms with Crippen LogP contribution in [0.2, 0.25) is 0 Å². The Hall–Kier alpha value is -3.16. The molecular formula is C21H20F3N3O2. The summed E-state index contributed by atoms with van der Waals surface area (Å²) in [5, 5.41) is 5.11. The molecule has 3 aromatic rings. The van der Waals surface area contributed by atoms with Gasteiger partial charge in [0, 0.05) is 19.0 Å². The molecule has 152 valence electrons. The minimum absolute atomic E-state index is 0.105. The number of fused-ring (bicyclic) bond motifs is 1. The standard InChI is InChI=1S/C21H20F3N3O2/c1-13(2)27-19(28)17-7-5-4-6-16(17)18(25-27)20(29)26(3)12-14-8-10-15(11-9-14)21(22,23)24/h4-11,13H,12H2,1-3H3. The quantitative estimate of drug-likeness (QED) is 0.654. The van der Waals surface area contributed by atoms with Crippen molar-refractivity contribution in [2.75, 3.05) is 7.05 Å². The van der Waals surface area contributed by atoms with Gasteiger partial charge in [-0.1, -0.05) is 30.3 Å². The van der Waals surface area contributed by atoms with Gasteiger partial charge in [-0.25, -0.2) is 4.68 Å². The Bertz CT molecular complexity index is 1100. The van der Waals surface area contributed by atoms with Crippen LogP contribution in [0.3, 0.4) is 0 Å². The maximum atomic E-state index is 13.0. The highest BCUT2D eigenvalue weighted by Crippen LogP contribution is 2.29. The molecule has 0 saturated heterocycles. The first-order chi connectivity index (χ1) is 13.6. The lowest BCUT2D eigenvalue weighted by Crippen LogP contribution is -2.32. The first kappa shape index (κ1) is 20.6. The first-order valence-electron chi connectivity index (χ1n) is 9.02. The van der Waals surface area contributed by atoms with Crippen LogP contribution in [-0.4, -0.2) is 27.6 Å². The van der Waals surface area contributed by atoms with Crippen molar-refractivity contribution in [3.63, 3.8) is 0 Å². The van der Waals surface area contributed by atoms with Crippen LogP contribution in [0.5, 0.6) is 0 Å². The average Bonchev–Trinajstić information content (AvgIpc) is 2.67. The summed E-state index contributed by atoms with van der Waals surface area (Å²) in [6.45, 7) is 3.69. The second kappa shape index (κ2) is 7.69. The van der Waals surface area contributed by atoms with Crippen molar-refractivity contribution in [2.45, 2.75) is 32.6 Å². The molecule has 0 aliphatic heterocycles. The van der Waals surface area contributed by atoms with Gasteiger partial charge in [0.2, 0.25) is 0 Å². The molecule has 0 fully saturated rings. The summed E-state index contributed by atoms with van der Waals surface area (Å²) >= 11 is 0. The normalized spacial score (nSPS) is 11.8. The number of carbonyl (C=O) groups is 1. The third kappa shape index (κ3) is 4.16. The number of nitrogens with zero attached hydrogens (tertiary/aromatic N) is 3. The van der Waals surface area contributed by atoms with Gasteiger partial charge in [0.05, 0.1) is 17.0 Å². The van der Waals surface area contributed by atoms with Crippen molar-refractivity contribution < 1.29 is 18.0 Å². The van der Waals surface area contributed by atoms with E-state index in [1.54, 1.807) is 45.2 Å². The number of hydrogen-bond acceptors (Lipinski definition) is 3. The smallest absolute Gasteiger partial charge is 0.336 e. The van der Waals surface area contributed by atoms with Crippen LogP contribution in [0.4, 0.5) is 13.2 Å². The predicted molar refractivity (Wildman–Crippen MR) is 104 cm³/mol. The Kier molecular flexibility index (Phi) is 5.46. The van der Waals surface area contributed by atoms with Crippen molar-refractivity contribution in [2.24, 2.45) is 0 Å². The Morgan fingerprint density at radius 2 is 1.66 bits per heavy atom. The zero-order valence-corrected chi connectivity index (χ0v) is 16.2. The molecule has 0 atom stereocenters. The van der Waals surface area contributed by atoms with Crippen molar-refractivity contribution in [1.82, 2.24) is 14.7 Å². The maximum Gasteiger partial charge on any atom is 0.416 e. The zero-order valence-electron chi connectivity index (χ0n) is 16.2. The highest BCUT2D eigenvalue weighted by atomic mass is 19.4. The van der Waals surface area contributed by atoms with Crippen LogP contribution in [0, 0.1) is 0 Å². The van der Waals surface area contributed by atoms with E-state index in [4.69, 9.17) is 0 Å². The van der Waals surface area contributed by atoms with E-state index in [0.717, 1.165) is 12.1 Å². The molecule has 0 aliphatic carbocycles. The van der Waals surface area contributed by atoms with Gasteiger partial charge in [-0.15, -0.1) is 0 Å². The molecule has 0 spiro atoms. The second-order valence-electron chi connectivity index (χ2n) is 7.09. The number of amides is 1. The fourth-order valence-corrected chi connectivity index (χ4v) is 3.04. The highest BCUT2D eigenvalue weighted by Gasteiger charge is 2.30. The molecule has 5 nitrogen and oxygen atoms in total. The molecule has 29 heavy (non-hydrogen) atoms. The van der Waals surface area contributed by atoms with Crippen molar-refractivity contribution in [3.8, 4) is 0 Å². The summed E-state index contributed by atoms with van der Waals surface area (Å²) in [7, 11) is 1.54. The van der Waals surface area contributed by atoms with Crippen molar-refractivity contribution in [1.29, 1.82) is 0 Å². The monoisotopic (exact) mass is 403 g/mol. The molecule has 1 amide bonds. The van der Waals surface area contributed by atoms with E-state index in [1.807, 2.05) is 0 Å². The zero-order chi connectivity index (χ0) is 21.3. The van der Waals surface area contributed by atoms with Crippen LogP contribution < -0.4 is 5.56 Å². The van der Waals surface area contributed by atoms with Gasteiger partial charge >= 0.3 is 6.18 Å². The van der Waals surface area contributed by atoms with Gasteiger partial charge < -0.3 is 4.90 Å². The van der Waals surface area contributed by atoms with Crippen LogP contribution in [0.25, 0.3) is 10.8 Å². The molecule has 0 aliphatic rings. The lowest BCUT2D eigenvalue weighted by molar-refractivity contribution is -0.137. The number of carbonyl (C=O) groups excluding carboxylic acids is 1. The van der Waals surface area contributed by atoms with E-state index >= 15 is 0 Å². The molecular weight excluding hydrogens is 383 g/mol. The summed E-state index contributed by atoms with van der Waals surface area (Å²) in [6, 6.07) is 11.2. The summed E-state index contributed by atoms with van der Waals surface area (Å²) in [4.78, 5) is 27.0. The lowest BCUT2D eigenvalue weighted by atomic mass is 10.1. The van der Waals surface area contributed by atoms with E-state index in [-0.39, 0.29) is 23.8 Å². The summed E-state index contributed by atoms with van der Waals surface area (Å²) < 4.78 is 39.4. The molecule has 1 heterocycles. The van der Waals surface area contributed by atoms with Crippen LogP contribution in [0.15, 0.2) is 53.3 Å². The molecule has 8 heteroatoms. The average molecular weight is 403 g/mol. The predicted octanol–water partition coefficient (Wildman–Crippen LogP) is 4.27. The fraction of sp³-hybridized carbons (Fsp3) is 0.286. The maximum absolute atomic E-state index is 13.0. The minimum Gasteiger partial charge on any atom is -0.336 e. The van der Waals surface area contributed by atoms with E-state index in [0.29, 0.717) is 16.3 Å². The molecule has 0 bridgehead atoms. The van der Waals surface area contributed by atoms with Crippen molar-refractivity contribution in [3.05, 3.63) is 75.7 Å². The highest BCUT2D eigenvalue weighted by molar-refractivity contribution is 6.04. The molecule has 0 radical (unpaired) electrons. The van der Waals surface area contributed by atoms with Gasteiger partial charge in [-0.3, -0.25) is 9.59 Å². The Labute approximate surface area is 165 Å². The number of hydrogen-bond donors (Lipinski definition) is 0. The molecule has 0 N–H and O–H groups in total. The summed E-state index contributed by atoms with van der Waals surface area (Å²) in [5.74, 6) is -0.421. The third-order valence-electron chi connectivity index (χ3n) is 4.57. The van der Waals surface area contributed by atoms with E-state index in [1.165, 1.54) is 21.7 Å².